The number of nitrogens with zero attached hydrogens (tertiary/aromatic N) is 1. The van der Waals surface area contributed by atoms with E-state index in [9.17, 15) is 4.21 Å². The summed E-state index contributed by atoms with van der Waals surface area (Å²) in [5, 5.41) is 3.15. The lowest BCUT2D eigenvalue weighted by Gasteiger charge is -2.14. The molecule has 2 unspecified atom stereocenters. The van der Waals surface area contributed by atoms with Crippen LogP contribution >= 0.6 is 0 Å². The minimum Gasteiger partial charge on any atom is -0.396 e. The second-order valence-electron chi connectivity index (χ2n) is 3.68. The highest BCUT2D eigenvalue weighted by Gasteiger charge is 2.07. The van der Waals surface area contributed by atoms with Crippen LogP contribution in [0.2, 0.25) is 0 Å². The maximum Gasteiger partial charge on any atom is 0.149 e. The molecule has 5 heteroatoms. The number of hydrogen-bond acceptors (Lipinski definition) is 4. The first-order valence-electron chi connectivity index (χ1n) is 4.78. The Morgan fingerprint density at radius 3 is 2.87 bits per heavy atom. The maximum absolute atomic E-state index is 11.0. The summed E-state index contributed by atoms with van der Waals surface area (Å²) in [6.45, 7) is 3.87. The van der Waals surface area contributed by atoms with Gasteiger partial charge in [-0.3, -0.25) is 4.21 Å². The lowest BCUT2D eigenvalue weighted by molar-refractivity contribution is 0.683. The Hall–Kier alpha value is -1.10. The topological polar surface area (TPSA) is 68.0 Å². The summed E-state index contributed by atoms with van der Waals surface area (Å²) >= 11 is 0. The number of aromatic nitrogens is 1. The van der Waals surface area contributed by atoms with Crippen molar-refractivity contribution in [1.29, 1.82) is 0 Å². The summed E-state index contributed by atoms with van der Waals surface area (Å²) in [5.41, 5.74) is 7.30. The summed E-state index contributed by atoms with van der Waals surface area (Å²) in [6, 6.07) is 3.79. The van der Waals surface area contributed by atoms with Crippen molar-refractivity contribution in [2.45, 2.75) is 19.9 Å². The van der Waals surface area contributed by atoms with Crippen LogP contribution < -0.4 is 11.1 Å². The highest BCUT2D eigenvalue weighted by molar-refractivity contribution is 7.84. The average molecular weight is 227 g/mol. The van der Waals surface area contributed by atoms with Gasteiger partial charge in [0.15, 0.2) is 0 Å². The zero-order valence-electron chi connectivity index (χ0n) is 9.28. The second-order valence-corrected chi connectivity index (χ2v) is 5.16. The van der Waals surface area contributed by atoms with Gasteiger partial charge in [-0.2, -0.15) is 0 Å². The van der Waals surface area contributed by atoms with E-state index < -0.39 is 10.8 Å². The van der Waals surface area contributed by atoms with E-state index in [1.54, 1.807) is 6.26 Å². The van der Waals surface area contributed by atoms with Crippen LogP contribution in [0.25, 0.3) is 0 Å². The van der Waals surface area contributed by atoms with Gasteiger partial charge in [-0.1, -0.05) is 0 Å². The molecule has 0 radical (unpaired) electrons. The van der Waals surface area contributed by atoms with Gasteiger partial charge in [0.2, 0.25) is 0 Å². The predicted octanol–water partition coefficient (Wildman–Crippen LogP) is 1.15. The van der Waals surface area contributed by atoms with Crippen LogP contribution in [0.3, 0.4) is 0 Å². The number of aryl methyl sites for hydroxylation is 1. The fraction of sp³-hybridized carbons (Fsp3) is 0.500. The van der Waals surface area contributed by atoms with E-state index >= 15 is 0 Å². The SMILES string of the molecule is Cc1ccc(N)c(NC(C)CS(C)=O)n1. The molecule has 1 aromatic heterocycles. The number of nitrogens with two attached hydrogens (primary N) is 1. The van der Waals surface area contributed by atoms with Gasteiger partial charge in [-0.25, -0.2) is 4.98 Å². The third-order valence-electron chi connectivity index (χ3n) is 1.93. The zero-order valence-corrected chi connectivity index (χ0v) is 10.1. The lowest BCUT2D eigenvalue weighted by Crippen LogP contribution is -2.23. The van der Waals surface area contributed by atoms with E-state index in [4.69, 9.17) is 5.73 Å². The molecule has 84 valence electrons. The first-order valence-corrected chi connectivity index (χ1v) is 6.51. The molecule has 15 heavy (non-hydrogen) atoms. The molecule has 3 N–H and O–H groups in total. The van der Waals surface area contributed by atoms with Crippen molar-refractivity contribution in [2.75, 3.05) is 23.1 Å². The van der Waals surface area contributed by atoms with Gasteiger partial charge in [0, 0.05) is 34.5 Å². The van der Waals surface area contributed by atoms with Gasteiger partial charge in [0.05, 0.1) is 5.69 Å². The van der Waals surface area contributed by atoms with E-state index in [0.717, 1.165) is 5.69 Å². The van der Waals surface area contributed by atoms with Crippen molar-refractivity contribution in [2.24, 2.45) is 0 Å². The minimum atomic E-state index is -0.812. The van der Waals surface area contributed by atoms with Crippen LogP contribution in [-0.4, -0.2) is 27.2 Å². The van der Waals surface area contributed by atoms with Gasteiger partial charge >= 0.3 is 0 Å². The molecule has 1 heterocycles. The van der Waals surface area contributed by atoms with Crippen molar-refractivity contribution < 1.29 is 4.21 Å². The molecule has 2 atom stereocenters. The molecule has 0 spiro atoms. The molecule has 0 saturated carbocycles. The molecular formula is C10H17N3OS. The summed E-state index contributed by atoms with van der Waals surface area (Å²) < 4.78 is 11.0. The van der Waals surface area contributed by atoms with Crippen LogP contribution in [0.15, 0.2) is 12.1 Å². The van der Waals surface area contributed by atoms with Crippen molar-refractivity contribution in [1.82, 2.24) is 4.98 Å². The van der Waals surface area contributed by atoms with Gasteiger partial charge in [0.25, 0.3) is 0 Å². The monoisotopic (exact) mass is 227 g/mol. The molecule has 0 saturated heterocycles. The summed E-state index contributed by atoms with van der Waals surface area (Å²) in [5.74, 6) is 1.27. The fourth-order valence-corrected chi connectivity index (χ4v) is 2.10. The Bertz CT molecular complexity index is 368. The highest BCUT2D eigenvalue weighted by Crippen LogP contribution is 2.16. The van der Waals surface area contributed by atoms with E-state index in [-0.39, 0.29) is 6.04 Å². The van der Waals surface area contributed by atoms with Gasteiger partial charge in [-0.15, -0.1) is 0 Å². The Labute approximate surface area is 92.7 Å². The highest BCUT2D eigenvalue weighted by atomic mass is 32.2. The molecule has 0 fully saturated rings. The Kier molecular flexibility index (Phi) is 4.08. The number of pyridine rings is 1. The fourth-order valence-electron chi connectivity index (χ4n) is 1.31. The summed E-state index contributed by atoms with van der Waals surface area (Å²) in [7, 11) is -0.812. The molecule has 0 aromatic carbocycles. The van der Waals surface area contributed by atoms with E-state index in [0.29, 0.717) is 17.3 Å². The Balaban J connectivity index is 2.71. The molecule has 0 aliphatic heterocycles. The molecule has 0 aliphatic rings. The van der Waals surface area contributed by atoms with Crippen LogP contribution in [0.5, 0.6) is 0 Å². The molecule has 1 rings (SSSR count). The number of hydrogen-bond donors (Lipinski definition) is 2. The van der Waals surface area contributed by atoms with Crippen LogP contribution in [0.1, 0.15) is 12.6 Å². The molecule has 1 aromatic rings. The van der Waals surface area contributed by atoms with Crippen molar-refractivity contribution in [3.63, 3.8) is 0 Å². The Morgan fingerprint density at radius 1 is 1.60 bits per heavy atom. The zero-order chi connectivity index (χ0) is 11.4. The van der Waals surface area contributed by atoms with Crippen LogP contribution in [0, 0.1) is 6.92 Å². The van der Waals surface area contributed by atoms with Gasteiger partial charge in [0.1, 0.15) is 5.82 Å². The smallest absolute Gasteiger partial charge is 0.149 e. The first kappa shape index (κ1) is 12.0. The van der Waals surface area contributed by atoms with E-state index in [2.05, 4.69) is 10.3 Å². The largest absolute Gasteiger partial charge is 0.396 e. The molecule has 4 nitrogen and oxygen atoms in total. The molecule has 0 amide bonds. The molecular weight excluding hydrogens is 210 g/mol. The minimum absolute atomic E-state index is 0.104. The third kappa shape index (κ3) is 3.87. The number of anilines is 2. The van der Waals surface area contributed by atoms with E-state index in [1.165, 1.54) is 0 Å². The Morgan fingerprint density at radius 2 is 2.27 bits per heavy atom. The first-order chi connectivity index (χ1) is 6.99. The van der Waals surface area contributed by atoms with Gasteiger partial charge < -0.3 is 11.1 Å². The van der Waals surface area contributed by atoms with Crippen molar-refractivity contribution >= 4 is 22.3 Å². The quantitative estimate of drug-likeness (QED) is 0.809. The average Bonchev–Trinajstić information content (AvgIpc) is 2.10. The van der Waals surface area contributed by atoms with E-state index in [1.807, 2.05) is 26.0 Å². The van der Waals surface area contributed by atoms with Crippen LogP contribution in [0.4, 0.5) is 11.5 Å². The second kappa shape index (κ2) is 5.11. The normalized spacial score (nSPS) is 14.6. The van der Waals surface area contributed by atoms with Crippen LogP contribution in [-0.2, 0) is 10.8 Å². The van der Waals surface area contributed by atoms with Crippen molar-refractivity contribution in [3.8, 4) is 0 Å². The predicted molar refractivity (Wildman–Crippen MR) is 65.4 cm³/mol. The number of rotatable bonds is 4. The summed E-state index contributed by atoms with van der Waals surface area (Å²) in [6.07, 6.45) is 1.69. The number of nitrogen functional groups attached to an aromatic ring is 1. The lowest BCUT2D eigenvalue weighted by atomic mass is 10.3. The third-order valence-corrected chi connectivity index (χ3v) is 2.90. The molecule has 0 aliphatic carbocycles. The van der Waals surface area contributed by atoms with Gasteiger partial charge in [-0.05, 0) is 26.0 Å². The molecule has 0 bridgehead atoms. The number of nitrogens with one attached hydrogen (secondary N) is 1. The standard InChI is InChI=1S/C10H17N3OS/c1-7-4-5-9(11)10(12-7)13-8(2)6-15(3)14/h4-5,8H,6,11H2,1-3H3,(H,12,13). The van der Waals surface area contributed by atoms with Crippen molar-refractivity contribution in [3.05, 3.63) is 17.8 Å². The maximum atomic E-state index is 11.0. The summed E-state index contributed by atoms with van der Waals surface area (Å²) in [4.78, 5) is 4.28.